The molecule has 1 atom stereocenters. The molecule has 1 aliphatic rings. The van der Waals surface area contributed by atoms with Crippen molar-refractivity contribution in [2.24, 2.45) is 5.92 Å². The molecule has 1 N–H and O–H groups in total. The highest BCUT2D eigenvalue weighted by Gasteiger charge is 2.22. The maximum Gasteiger partial charge on any atom is 0.317 e. The number of carbonyl (C=O) groups is 1. The van der Waals surface area contributed by atoms with E-state index in [0.717, 1.165) is 42.8 Å². The molecule has 0 radical (unpaired) electrons. The van der Waals surface area contributed by atoms with E-state index in [9.17, 15) is 4.79 Å². The van der Waals surface area contributed by atoms with Crippen molar-refractivity contribution in [2.75, 3.05) is 26.2 Å². The predicted molar refractivity (Wildman–Crippen MR) is 94.2 cm³/mol. The summed E-state index contributed by atoms with van der Waals surface area (Å²) in [4.78, 5) is 12.9. The zero-order chi connectivity index (χ0) is 16.8. The second kappa shape index (κ2) is 7.97. The van der Waals surface area contributed by atoms with E-state index in [1.54, 1.807) is 0 Å². The van der Waals surface area contributed by atoms with Crippen LogP contribution in [0.25, 0.3) is 11.1 Å². The van der Waals surface area contributed by atoms with E-state index in [1.165, 1.54) is 0 Å². The van der Waals surface area contributed by atoms with Gasteiger partial charge in [-0.25, -0.2) is 0 Å². The normalized spacial score (nSPS) is 18.2. The minimum absolute atomic E-state index is 0.122. The van der Waals surface area contributed by atoms with E-state index in [4.69, 9.17) is 9.84 Å². The molecule has 4 nitrogen and oxygen atoms in total. The lowest BCUT2D eigenvalue weighted by Gasteiger charge is -2.31. The van der Waals surface area contributed by atoms with Crippen LogP contribution in [-0.4, -0.2) is 42.2 Å². The lowest BCUT2D eigenvalue weighted by atomic mass is 9.99. The Morgan fingerprint density at radius 3 is 2.67 bits per heavy atom. The van der Waals surface area contributed by atoms with E-state index in [-0.39, 0.29) is 6.54 Å². The van der Waals surface area contributed by atoms with Crippen LogP contribution in [0.3, 0.4) is 0 Å². The van der Waals surface area contributed by atoms with Gasteiger partial charge in [-0.3, -0.25) is 9.69 Å². The number of likely N-dealkylation sites (tertiary alicyclic amines) is 1. The van der Waals surface area contributed by atoms with Crippen LogP contribution in [0.5, 0.6) is 5.75 Å². The molecule has 0 spiro atoms. The number of aliphatic carboxylic acids is 1. The van der Waals surface area contributed by atoms with Gasteiger partial charge >= 0.3 is 5.97 Å². The predicted octanol–water partition coefficient (Wildman–Crippen LogP) is 3.53. The number of carboxylic acids is 1. The Balaban J connectivity index is 1.64. The molecule has 4 heteroatoms. The topological polar surface area (TPSA) is 49.8 Å². The molecule has 2 aromatic carbocycles. The van der Waals surface area contributed by atoms with E-state index >= 15 is 0 Å². The summed E-state index contributed by atoms with van der Waals surface area (Å²) in [5, 5.41) is 8.95. The summed E-state index contributed by atoms with van der Waals surface area (Å²) in [6.45, 7) is 2.40. The minimum Gasteiger partial charge on any atom is -0.493 e. The maximum absolute atomic E-state index is 10.9. The van der Waals surface area contributed by atoms with Gasteiger partial charge in [0.25, 0.3) is 0 Å². The lowest BCUT2D eigenvalue weighted by Crippen LogP contribution is -2.40. The van der Waals surface area contributed by atoms with Gasteiger partial charge in [0.2, 0.25) is 0 Å². The summed E-state index contributed by atoms with van der Waals surface area (Å²) >= 11 is 0. The molecule has 3 rings (SSSR count). The molecule has 1 aliphatic heterocycles. The fourth-order valence-corrected chi connectivity index (χ4v) is 3.28. The summed E-state index contributed by atoms with van der Waals surface area (Å²) in [6.07, 6.45) is 2.12. The smallest absolute Gasteiger partial charge is 0.317 e. The summed E-state index contributed by atoms with van der Waals surface area (Å²) < 4.78 is 6.11. The number of ether oxygens (including phenoxy) is 1. The van der Waals surface area contributed by atoms with E-state index < -0.39 is 5.97 Å². The van der Waals surface area contributed by atoms with Crippen molar-refractivity contribution in [2.45, 2.75) is 12.8 Å². The second-order valence-corrected chi connectivity index (χ2v) is 6.31. The van der Waals surface area contributed by atoms with Crippen molar-refractivity contribution < 1.29 is 14.6 Å². The number of nitrogens with zero attached hydrogens (tertiary/aromatic N) is 1. The minimum atomic E-state index is -0.758. The number of benzene rings is 2. The van der Waals surface area contributed by atoms with Gasteiger partial charge < -0.3 is 9.84 Å². The molecule has 1 heterocycles. The largest absolute Gasteiger partial charge is 0.493 e. The average molecular weight is 325 g/mol. The van der Waals surface area contributed by atoms with Crippen LogP contribution in [0.1, 0.15) is 12.8 Å². The van der Waals surface area contributed by atoms with Crippen LogP contribution in [0.15, 0.2) is 54.6 Å². The highest BCUT2D eigenvalue weighted by atomic mass is 16.5. The van der Waals surface area contributed by atoms with Crippen LogP contribution in [0.2, 0.25) is 0 Å². The van der Waals surface area contributed by atoms with Crippen molar-refractivity contribution in [1.29, 1.82) is 0 Å². The van der Waals surface area contributed by atoms with Crippen LogP contribution in [-0.2, 0) is 4.79 Å². The molecule has 2 aromatic rings. The summed E-state index contributed by atoms with van der Waals surface area (Å²) in [7, 11) is 0. The number of piperidine rings is 1. The fourth-order valence-electron chi connectivity index (χ4n) is 3.28. The van der Waals surface area contributed by atoms with Crippen LogP contribution < -0.4 is 4.74 Å². The highest BCUT2D eigenvalue weighted by molar-refractivity contribution is 5.70. The fraction of sp³-hybridized carbons (Fsp3) is 0.350. The van der Waals surface area contributed by atoms with Crippen molar-refractivity contribution in [3.63, 3.8) is 0 Å². The van der Waals surface area contributed by atoms with Crippen LogP contribution in [0.4, 0.5) is 0 Å². The Kier molecular flexibility index (Phi) is 5.49. The van der Waals surface area contributed by atoms with Gasteiger partial charge in [0.15, 0.2) is 0 Å². The Labute approximate surface area is 142 Å². The van der Waals surface area contributed by atoms with Crippen molar-refractivity contribution in [3.8, 4) is 16.9 Å². The lowest BCUT2D eigenvalue weighted by molar-refractivity contribution is -0.138. The molecule has 1 unspecified atom stereocenters. The molecular formula is C20H23NO3. The van der Waals surface area contributed by atoms with Crippen LogP contribution >= 0.6 is 0 Å². The first-order valence-corrected chi connectivity index (χ1v) is 8.44. The Bertz CT molecular complexity index is 672. The van der Waals surface area contributed by atoms with E-state index in [1.807, 2.05) is 41.3 Å². The Morgan fingerprint density at radius 1 is 1.12 bits per heavy atom. The standard InChI is InChI=1S/C20H23NO3/c22-20(23)14-21-12-6-7-16(13-21)15-24-19-11-5-4-10-18(19)17-8-2-1-3-9-17/h1-5,8-11,16H,6-7,12-15H2,(H,22,23). The molecule has 0 amide bonds. The van der Waals surface area contributed by atoms with Crippen molar-refractivity contribution in [3.05, 3.63) is 54.6 Å². The third-order valence-electron chi connectivity index (χ3n) is 4.41. The van der Waals surface area contributed by atoms with E-state index in [0.29, 0.717) is 12.5 Å². The van der Waals surface area contributed by atoms with E-state index in [2.05, 4.69) is 18.2 Å². The molecule has 0 saturated carbocycles. The first-order chi connectivity index (χ1) is 11.7. The summed E-state index contributed by atoms with van der Waals surface area (Å²) in [5.74, 6) is 0.506. The molecule has 0 aliphatic carbocycles. The number of carboxylic acid groups (broad SMARTS) is 1. The molecule has 24 heavy (non-hydrogen) atoms. The quantitative estimate of drug-likeness (QED) is 0.883. The van der Waals surface area contributed by atoms with Gasteiger partial charge in [0.05, 0.1) is 13.2 Å². The average Bonchev–Trinajstić information content (AvgIpc) is 2.61. The SMILES string of the molecule is O=C(O)CN1CCCC(COc2ccccc2-c2ccccc2)C1. The third-order valence-corrected chi connectivity index (χ3v) is 4.41. The van der Waals surface area contributed by atoms with Gasteiger partial charge in [-0.1, -0.05) is 48.5 Å². The van der Waals surface area contributed by atoms with Gasteiger partial charge in [-0.2, -0.15) is 0 Å². The van der Waals surface area contributed by atoms with Gasteiger partial charge in [-0.15, -0.1) is 0 Å². The Hall–Kier alpha value is -2.33. The zero-order valence-corrected chi connectivity index (χ0v) is 13.7. The third kappa shape index (κ3) is 4.36. The first kappa shape index (κ1) is 16.5. The highest BCUT2D eigenvalue weighted by Crippen LogP contribution is 2.30. The van der Waals surface area contributed by atoms with Gasteiger partial charge in [-0.05, 0) is 31.0 Å². The van der Waals surface area contributed by atoms with Gasteiger partial charge in [0.1, 0.15) is 5.75 Å². The molecule has 0 aromatic heterocycles. The van der Waals surface area contributed by atoms with Crippen molar-refractivity contribution in [1.82, 2.24) is 4.90 Å². The van der Waals surface area contributed by atoms with Crippen molar-refractivity contribution >= 4 is 5.97 Å². The molecule has 1 fully saturated rings. The number of para-hydroxylation sites is 1. The number of hydrogen-bond donors (Lipinski definition) is 1. The number of hydrogen-bond acceptors (Lipinski definition) is 3. The number of rotatable bonds is 6. The molecule has 0 bridgehead atoms. The summed E-state index contributed by atoms with van der Waals surface area (Å²) in [6, 6.07) is 18.3. The maximum atomic E-state index is 10.9. The Morgan fingerprint density at radius 2 is 1.88 bits per heavy atom. The summed E-state index contributed by atoms with van der Waals surface area (Å²) in [5.41, 5.74) is 2.24. The molecular weight excluding hydrogens is 302 g/mol. The second-order valence-electron chi connectivity index (χ2n) is 6.31. The molecule has 1 saturated heterocycles. The zero-order valence-electron chi connectivity index (χ0n) is 13.7. The monoisotopic (exact) mass is 325 g/mol. The van der Waals surface area contributed by atoms with Gasteiger partial charge in [0, 0.05) is 18.0 Å². The molecule has 126 valence electrons. The van der Waals surface area contributed by atoms with Crippen LogP contribution in [0, 0.1) is 5.92 Å². The first-order valence-electron chi connectivity index (χ1n) is 8.44.